The summed E-state index contributed by atoms with van der Waals surface area (Å²) in [4.78, 5) is 5.22. The SMILES string of the molecule is C#CCNCC(C)Sc1ccncc1. The van der Waals surface area contributed by atoms with E-state index >= 15 is 0 Å². The smallest absolute Gasteiger partial charge is 0.0574 e. The Hall–Kier alpha value is -0.980. The third-order valence-corrected chi connectivity index (χ3v) is 2.76. The molecule has 1 heterocycles. The van der Waals surface area contributed by atoms with Crippen molar-refractivity contribution >= 4 is 11.8 Å². The van der Waals surface area contributed by atoms with Gasteiger partial charge in [0.1, 0.15) is 0 Å². The first kappa shape index (κ1) is 11.1. The quantitative estimate of drug-likeness (QED) is 0.451. The molecule has 1 aromatic heterocycles. The van der Waals surface area contributed by atoms with Crippen molar-refractivity contribution in [1.29, 1.82) is 0 Å². The number of rotatable bonds is 5. The van der Waals surface area contributed by atoms with E-state index in [2.05, 4.69) is 23.1 Å². The van der Waals surface area contributed by atoms with E-state index in [1.54, 1.807) is 0 Å². The van der Waals surface area contributed by atoms with Crippen LogP contribution in [0.15, 0.2) is 29.4 Å². The van der Waals surface area contributed by atoms with Crippen LogP contribution in [0.2, 0.25) is 0 Å². The van der Waals surface area contributed by atoms with E-state index in [0.717, 1.165) is 6.54 Å². The second-order valence-electron chi connectivity index (χ2n) is 2.95. The second kappa shape index (κ2) is 6.47. The van der Waals surface area contributed by atoms with Gasteiger partial charge in [0.2, 0.25) is 0 Å². The van der Waals surface area contributed by atoms with Gasteiger partial charge < -0.3 is 5.32 Å². The van der Waals surface area contributed by atoms with Gasteiger partial charge in [-0.25, -0.2) is 0 Å². The molecule has 0 fully saturated rings. The molecule has 0 saturated carbocycles. The number of hydrogen-bond donors (Lipinski definition) is 1. The molecular weight excluding hydrogens is 192 g/mol. The van der Waals surface area contributed by atoms with Crippen LogP contribution in [-0.2, 0) is 0 Å². The fraction of sp³-hybridized carbons (Fsp3) is 0.364. The highest BCUT2D eigenvalue weighted by molar-refractivity contribution is 8.00. The highest BCUT2D eigenvalue weighted by atomic mass is 32.2. The number of terminal acetylenes is 1. The van der Waals surface area contributed by atoms with Crippen molar-refractivity contribution in [2.75, 3.05) is 13.1 Å². The zero-order valence-corrected chi connectivity index (χ0v) is 9.05. The first-order valence-electron chi connectivity index (χ1n) is 4.54. The minimum absolute atomic E-state index is 0.519. The van der Waals surface area contributed by atoms with E-state index < -0.39 is 0 Å². The molecule has 1 atom stereocenters. The normalized spacial score (nSPS) is 12.0. The molecule has 14 heavy (non-hydrogen) atoms. The van der Waals surface area contributed by atoms with Gasteiger partial charge in [-0.05, 0) is 12.1 Å². The first-order valence-corrected chi connectivity index (χ1v) is 5.41. The Bertz CT molecular complexity index is 292. The number of aromatic nitrogens is 1. The van der Waals surface area contributed by atoms with Crippen molar-refractivity contribution in [2.45, 2.75) is 17.1 Å². The molecule has 0 aliphatic heterocycles. The molecule has 1 aromatic rings. The molecule has 0 spiro atoms. The lowest BCUT2D eigenvalue weighted by atomic mass is 10.4. The average molecular weight is 206 g/mol. The summed E-state index contributed by atoms with van der Waals surface area (Å²) in [6, 6.07) is 4.03. The molecule has 0 aliphatic carbocycles. The summed E-state index contributed by atoms with van der Waals surface area (Å²) in [7, 11) is 0. The Morgan fingerprint density at radius 3 is 2.93 bits per heavy atom. The van der Waals surface area contributed by atoms with Crippen LogP contribution in [0.3, 0.4) is 0 Å². The predicted octanol–water partition coefficient (Wildman–Crippen LogP) is 1.79. The fourth-order valence-corrected chi connectivity index (χ4v) is 1.98. The molecule has 0 aromatic carbocycles. The van der Waals surface area contributed by atoms with Crippen molar-refractivity contribution in [3.63, 3.8) is 0 Å². The van der Waals surface area contributed by atoms with Crippen molar-refractivity contribution in [3.05, 3.63) is 24.5 Å². The Labute approximate surface area is 89.5 Å². The molecule has 1 rings (SSSR count). The van der Waals surface area contributed by atoms with Crippen LogP contribution >= 0.6 is 11.8 Å². The molecular formula is C11H14N2S. The average Bonchev–Trinajstić information content (AvgIpc) is 2.20. The first-order chi connectivity index (χ1) is 6.83. The monoisotopic (exact) mass is 206 g/mol. The lowest BCUT2D eigenvalue weighted by molar-refractivity contribution is 0.748. The summed E-state index contributed by atoms with van der Waals surface area (Å²) in [5, 5.41) is 3.70. The van der Waals surface area contributed by atoms with Crippen LogP contribution in [-0.4, -0.2) is 23.3 Å². The molecule has 0 radical (unpaired) electrons. The number of nitrogens with zero attached hydrogens (tertiary/aromatic N) is 1. The second-order valence-corrected chi connectivity index (χ2v) is 4.46. The summed E-state index contributed by atoms with van der Waals surface area (Å²) in [5.41, 5.74) is 0. The summed E-state index contributed by atoms with van der Waals surface area (Å²) >= 11 is 1.82. The molecule has 0 aliphatic rings. The van der Waals surface area contributed by atoms with E-state index in [1.165, 1.54) is 4.90 Å². The Morgan fingerprint density at radius 2 is 2.29 bits per heavy atom. The van der Waals surface area contributed by atoms with Crippen LogP contribution in [0.5, 0.6) is 0 Å². The van der Waals surface area contributed by atoms with Gasteiger partial charge in [0.15, 0.2) is 0 Å². The maximum Gasteiger partial charge on any atom is 0.0574 e. The number of pyridine rings is 1. The molecule has 0 amide bonds. The third kappa shape index (κ3) is 4.31. The van der Waals surface area contributed by atoms with Gasteiger partial charge in [-0.1, -0.05) is 12.8 Å². The van der Waals surface area contributed by atoms with Gasteiger partial charge in [-0.2, -0.15) is 0 Å². The van der Waals surface area contributed by atoms with E-state index in [9.17, 15) is 0 Å². The Morgan fingerprint density at radius 1 is 1.57 bits per heavy atom. The van der Waals surface area contributed by atoms with Crippen LogP contribution in [0.4, 0.5) is 0 Å². The van der Waals surface area contributed by atoms with E-state index in [-0.39, 0.29) is 0 Å². The topological polar surface area (TPSA) is 24.9 Å². The van der Waals surface area contributed by atoms with Crippen molar-refractivity contribution in [2.24, 2.45) is 0 Å². The van der Waals surface area contributed by atoms with Gasteiger partial charge in [-0.15, -0.1) is 18.2 Å². The van der Waals surface area contributed by atoms with E-state index in [4.69, 9.17) is 6.42 Å². The van der Waals surface area contributed by atoms with Gasteiger partial charge in [-0.3, -0.25) is 4.98 Å². The van der Waals surface area contributed by atoms with Gasteiger partial charge in [0, 0.05) is 29.1 Å². The highest BCUT2D eigenvalue weighted by Crippen LogP contribution is 2.21. The van der Waals surface area contributed by atoms with Crippen molar-refractivity contribution in [1.82, 2.24) is 10.3 Å². The highest BCUT2D eigenvalue weighted by Gasteiger charge is 2.02. The number of hydrogen-bond acceptors (Lipinski definition) is 3. The van der Waals surface area contributed by atoms with Gasteiger partial charge in [0.25, 0.3) is 0 Å². The summed E-state index contributed by atoms with van der Waals surface area (Å²) < 4.78 is 0. The lowest BCUT2D eigenvalue weighted by Crippen LogP contribution is -2.22. The van der Waals surface area contributed by atoms with Crippen molar-refractivity contribution in [3.8, 4) is 12.3 Å². The molecule has 74 valence electrons. The maximum absolute atomic E-state index is 5.14. The summed E-state index contributed by atoms with van der Waals surface area (Å²) in [5.74, 6) is 2.56. The Balaban J connectivity index is 2.28. The molecule has 1 unspecified atom stereocenters. The van der Waals surface area contributed by atoms with Crippen LogP contribution in [0.1, 0.15) is 6.92 Å². The van der Waals surface area contributed by atoms with Crippen LogP contribution < -0.4 is 5.32 Å². The maximum atomic E-state index is 5.14. The Kier molecular flexibility index (Phi) is 5.13. The molecule has 1 N–H and O–H groups in total. The fourth-order valence-electron chi connectivity index (χ4n) is 1.04. The van der Waals surface area contributed by atoms with E-state index in [1.807, 2.05) is 36.3 Å². The zero-order valence-electron chi connectivity index (χ0n) is 8.23. The zero-order chi connectivity index (χ0) is 10.2. The lowest BCUT2D eigenvalue weighted by Gasteiger charge is -2.10. The van der Waals surface area contributed by atoms with Gasteiger partial charge >= 0.3 is 0 Å². The summed E-state index contributed by atoms with van der Waals surface area (Å²) in [6.07, 6.45) is 8.76. The predicted molar refractivity (Wildman–Crippen MR) is 61.3 cm³/mol. The molecule has 2 nitrogen and oxygen atoms in total. The van der Waals surface area contributed by atoms with E-state index in [0.29, 0.717) is 11.8 Å². The largest absolute Gasteiger partial charge is 0.305 e. The van der Waals surface area contributed by atoms with Gasteiger partial charge in [0.05, 0.1) is 6.54 Å². The van der Waals surface area contributed by atoms with Crippen molar-refractivity contribution < 1.29 is 0 Å². The molecule has 3 heteroatoms. The molecule has 0 saturated heterocycles. The molecule has 0 bridgehead atoms. The standard InChI is InChI=1S/C11H14N2S/c1-3-6-13-9-10(2)14-11-4-7-12-8-5-11/h1,4-5,7-8,10,13H,6,9H2,2H3. The summed E-state index contributed by atoms with van der Waals surface area (Å²) in [6.45, 7) is 3.74. The third-order valence-electron chi connectivity index (χ3n) is 1.65. The van der Waals surface area contributed by atoms with Crippen LogP contribution in [0.25, 0.3) is 0 Å². The number of thioether (sulfide) groups is 1. The number of nitrogens with one attached hydrogen (secondary N) is 1. The van der Waals surface area contributed by atoms with Crippen LogP contribution in [0, 0.1) is 12.3 Å². The minimum atomic E-state index is 0.519. The minimum Gasteiger partial charge on any atom is -0.305 e.